The van der Waals surface area contributed by atoms with Crippen LogP contribution in [0.2, 0.25) is 0 Å². The molecule has 0 saturated carbocycles. The Morgan fingerprint density at radius 3 is 2.84 bits per heavy atom. The molecule has 5 nitrogen and oxygen atoms in total. The van der Waals surface area contributed by atoms with Gasteiger partial charge in [0.05, 0.1) is 25.6 Å². The van der Waals surface area contributed by atoms with E-state index in [1.807, 2.05) is 6.07 Å². The summed E-state index contributed by atoms with van der Waals surface area (Å²) in [5, 5.41) is 2.39. The Hall–Kier alpha value is -2.50. The first-order valence-corrected chi connectivity index (χ1v) is 8.49. The zero-order valence-corrected chi connectivity index (χ0v) is 14.3. The third-order valence-corrected chi connectivity index (χ3v) is 4.65. The van der Waals surface area contributed by atoms with Crippen molar-refractivity contribution in [3.63, 3.8) is 0 Å². The van der Waals surface area contributed by atoms with E-state index in [0.717, 1.165) is 36.5 Å². The zero-order valence-electron chi connectivity index (χ0n) is 14.3. The number of hydrogen-bond donors (Lipinski definition) is 0. The van der Waals surface area contributed by atoms with Crippen molar-refractivity contribution in [3.8, 4) is 5.75 Å². The van der Waals surface area contributed by atoms with Crippen LogP contribution in [0.25, 0.3) is 10.8 Å². The maximum Gasteiger partial charge on any atom is 0.126 e. The van der Waals surface area contributed by atoms with E-state index in [2.05, 4.69) is 45.2 Å². The van der Waals surface area contributed by atoms with Crippen LogP contribution in [-0.4, -0.2) is 41.7 Å². The molecule has 1 aliphatic rings. The molecule has 0 N–H and O–H groups in total. The summed E-state index contributed by atoms with van der Waals surface area (Å²) in [5.41, 5.74) is 2.20. The summed E-state index contributed by atoms with van der Waals surface area (Å²) in [7, 11) is 1.72. The van der Waals surface area contributed by atoms with Crippen LogP contribution in [0.15, 0.2) is 55.0 Å². The molecule has 2 aromatic carbocycles. The third kappa shape index (κ3) is 3.34. The standard InChI is InChI=1S/C20H21N3O2/c1-24-19-7-6-15(16-4-2-3-5-17(16)19)13-23-10-11-25-20(14-23)18-12-21-8-9-22-18/h2-9,12,20H,10-11,13-14H2,1H3. The molecule has 0 amide bonds. The Morgan fingerprint density at radius 2 is 2.04 bits per heavy atom. The third-order valence-electron chi connectivity index (χ3n) is 4.65. The summed E-state index contributed by atoms with van der Waals surface area (Å²) in [6.45, 7) is 3.32. The molecule has 128 valence electrons. The van der Waals surface area contributed by atoms with Gasteiger partial charge in [0.15, 0.2) is 0 Å². The second-order valence-corrected chi connectivity index (χ2v) is 6.20. The van der Waals surface area contributed by atoms with Gasteiger partial charge in [0.2, 0.25) is 0 Å². The molecule has 1 unspecified atom stereocenters. The van der Waals surface area contributed by atoms with E-state index < -0.39 is 0 Å². The van der Waals surface area contributed by atoms with Crippen molar-refractivity contribution in [3.05, 3.63) is 66.2 Å². The summed E-state index contributed by atoms with van der Waals surface area (Å²) >= 11 is 0. The van der Waals surface area contributed by atoms with Gasteiger partial charge < -0.3 is 9.47 Å². The van der Waals surface area contributed by atoms with E-state index in [0.29, 0.717) is 6.61 Å². The van der Waals surface area contributed by atoms with Crippen molar-refractivity contribution in [2.24, 2.45) is 0 Å². The van der Waals surface area contributed by atoms with Crippen LogP contribution in [0.1, 0.15) is 17.4 Å². The predicted molar refractivity (Wildman–Crippen MR) is 96.5 cm³/mol. The van der Waals surface area contributed by atoms with Crippen molar-refractivity contribution in [1.82, 2.24) is 14.9 Å². The minimum atomic E-state index is -0.0213. The van der Waals surface area contributed by atoms with Gasteiger partial charge in [-0.25, -0.2) is 0 Å². The monoisotopic (exact) mass is 335 g/mol. The zero-order chi connectivity index (χ0) is 17.1. The smallest absolute Gasteiger partial charge is 0.126 e. The first-order valence-electron chi connectivity index (χ1n) is 8.49. The number of aromatic nitrogens is 2. The molecular formula is C20H21N3O2. The van der Waals surface area contributed by atoms with E-state index in [1.165, 1.54) is 10.9 Å². The van der Waals surface area contributed by atoms with E-state index in [1.54, 1.807) is 25.7 Å². The van der Waals surface area contributed by atoms with Gasteiger partial charge in [0.25, 0.3) is 0 Å². The lowest BCUT2D eigenvalue weighted by Crippen LogP contribution is -2.38. The first kappa shape index (κ1) is 16.0. The molecule has 1 aliphatic heterocycles. The highest BCUT2D eigenvalue weighted by Crippen LogP contribution is 2.30. The molecule has 2 heterocycles. The minimum absolute atomic E-state index is 0.0213. The van der Waals surface area contributed by atoms with Crippen LogP contribution >= 0.6 is 0 Å². The summed E-state index contributed by atoms with van der Waals surface area (Å²) < 4.78 is 11.4. The number of rotatable bonds is 4. The number of fused-ring (bicyclic) bond motifs is 1. The fraction of sp³-hybridized carbons (Fsp3) is 0.300. The summed E-state index contributed by atoms with van der Waals surface area (Å²) in [5.74, 6) is 0.916. The maximum absolute atomic E-state index is 5.89. The Balaban J connectivity index is 1.57. The molecular weight excluding hydrogens is 314 g/mol. The largest absolute Gasteiger partial charge is 0.496 e. The molecule has 0 aliphatic carbocycles. The average Bonchev–Trinajstić information content (AvgIpc) is 2.69. The lowest BCUT2D eigenvalue weighted by Gasteiger charge is -2.32. The average molecular weight is 335 g/mol. The fourth-order valence-corrected chi connectivity index (χ4v) is 3.39. The van der Waals surface area contributed by atoms with Crippen molar-refractivity contribution >= 4 is 10.8 Å². The Bertz CT molecular complexity index is 854. The molecule has 4 rings (SSSR count). The molecule has 1 saturated heterocycles. The summed E-state index contributed by atoms with van der Waals surface area (Å²) in [6, 6.07) is 12.6. The lowest BCUT2D eigenvalue weighted by atomic mass is 10.0. The van der Waals surface area contributed by atoms with Crippen molar-refractivity contribution in [2.75, 3.05) is 26.8 Å². The number of methoxy groups -OCH3 is 1. The number of benzene rings is 2. The number of hydrogen-bond acceptors (Lipinski definition) is 5. The van der Waals surface area contributed by atoms with Gasteiger partial charge >= 0.3 is 0 Å². The van der Waals surface area contributed by atoms with Gasteiger partial charge in [0, 0.05) is 37.4 Å². The van der Waals surface area contributed by atoms with Gasteiger partial charge in [-0.2, -0.15) is 0 Å². The molecule has 0 spiro atoms. The molecule has 0 radical (unpaired) electrons. The van der Waals surface area contributed by atoms with Gasteiger partial charge in [-0.15, -0.1) is 0 Å². The quantitative estimate of drug-likeness (QED) is 0.733. The van der Waals surface area contributed by atoms with Crippen LogP contribution in [0.4, 0.5) is 0 Å². The number of nitrogens with zero attached hydrogens (tertiary/aromatic N) is 3. The van der Waals surface area contributed by atoms with Crippen molar-refractivity contribution in [2.45, 2.75) is 12.6 Å². The molecule has 1 fully saturated rings. The van der Waals surface area contributed by atoms with Crippen molar-refractivity contribution in [1.29, 1.82) is 0 Å². The number of morpholine rings is 1. The van der Waals surface area contributed by atoms with Gasteiger partial charge in [-0.3, -0.25) is 14.9 Å². The second kappa shape index (κ2) is 7.17. The Kier molecular flexibility index (Phi) is 4.59. The molecule has 3 aromatic rings. The molecule has 25 heavy (non-hydrogen) atoms. The highest BCUT2D eigenvalue weighted by atomic mass is 16.5. The van der Waals surface area contributed by atoms with Crippen LogP contribution in [0, 0.1) is 0 Å². The lowest BCUT2D eigenvalue weighted by molar-refractivity contribution is -0.0350. The summed E-state index contributed by atoms with van der Waals surface area (Å²) in [4.78, 5) is 11.0. The normalized spacial score (nSPS) is 18.4. The van der Waals surface area contributed by atoms with E-state index in [-0.39, 0.29) is 6.10 Å². The van der Waals surface area contributed by atoms with Crippen LogP contribution < -0.4 is 4.74 Å². The van der Waals surface area contributed by atoms with Crippen molar-refractivity contribution < 1.29 is 9.47 Å². The summed E-state index contributed by atoms with van der Waals surface area (Å²) in [6.07, 6.45) is 5.17. The highest BCUT2D eigenvalue weighted by molar-refractivity contribution is 5.91. The number of ether oxygens (including phenoxy) is 2. The van der Waals surface area contributed by atoms with Gasteiger partial charge in [0.1, 0.15) is 11.9 Å². The Morgan fingerprint density at radius 1 is 1.16 bits per heavy atom. The van der Waals surface area contributed by atoms with E-state index >= 15 is 0 Å². The van der Waals surface area contributed by atoms with E-state index in [4.69, 9.17) is 9.47 Å². The molecule has 0 bridgehead atoms. The highest BCUT2D eigenvalue weighted by Gasteiger charge is 2.23. The fourth-order valence-electron chi connectivity index (χ4n) is 3.39. The van der Waals surface area contributed by atoms with E-state index in [9.17, 15) is 0 Å². The molecule has 1 atom stereocenters. The second-order valence-electron chi connectivity index (χ2n) is 6.20. The Labute approximate surface area is 147 Å². The predicted octanol–water partition coefficient (Wildman–Crippen LogP) is 3.21. The first-order chi connectivity index (χ1) is 12.3. The molecule has 1 aromatic heterocycles. The molecule has 5 heteroatoms. The van der Waals surface area contributed by atoms with Crippen LogP contribution in [0.3, 0.4) is 0 Å². The van der Waals surface area contributed by atoms with Gasteiger partial charge in [-0.05, 0) is 17.0 Å². The SMILES string of the molecule is COc1ccc(CN2CCOC(c3cnccn3)C2)c2ccccc12. The maximum atomic E-state index is 5.89. The van der Waals surface area contributed by atoms with Gasteiger partial charge in [-0.1, -0.05) is 30.3 Å². The van der Waals surface area contributed by atoms with Crippen LogP contribution in [0.5, 0.6) is 5.75 Å². The topological polar surface area (TPSA) is 47.5 Å². The van der Waals surface area contributed by atoms with Crippen LogP contribution in [-0.2, 0) is 11.3 Å². The minimum Gasteiger partial charge on any atom is -0.496 e.